The summed E-state index contributed by atoms with van der Waals surface area (Å²) >= 11 is 0. The molecule has 1 heterocycles. The molecule has 2 rings (SSSR count). The van der Waals surface area contributed by atoms with Crippen LogP contribution in [0.4, 0.5) is 0 Å². The van der Waals surface area contributed by atoms with Crippen molar-refractivity contribution in [2.75, 3.05) is 13.2 Å². The minimum absolute atomic E-state index is 0.0156. The Morgan fingerprint density at radius 1 is 1.19 bits per heavy atom. The van der Waals surface area contributed by atoms with Crippen LogP contribution in [0.3, 0.4) is 0 Å². The van der Waals surface area contributed by atoms with Gasteiger partial charge in [-0.05, 0) is 42.8 Å². The highest BCUT2D eigenvalue weighted by Gasteiger charge is 2.30. The molecule has 0 bridgehead atoms. The van der Waals surface area contributed by atoms with Crippen molar-refractivity contribution in [2.45, 2.75) is 30.9 Å². The molecule has 1 aromatic carbocycles. The molecule has 2 aromatic rings. The second-order valence-corrected chi connectivity index (χ2v) is 8.25. The van der Waals surface area contributed by atoms with E-state index in [4.69, 9.17) is 4.74 Å². The molecule has 0 saturated carbocycles. The van der Waals surface area contributed by atoms with Crippen LogP contribution >= 0.6 is 0 Å². The summed E-state index contributed by atoms with van der Waals surface area (Å²) in [7, 11) is -3.72. The number of pyridine rings is 1. The van der Waals surface area contributed by atoms with Crippen LogP contribution in [-0.2, 0) is 14.6 Å². The monoisotopic (exact) mass is 376 g/mol. The first-order chi connectivity index (χ1) is 12.4. The molecule has 26 heavy (non-hydrogen) atoms. The largest absolute Gasteiger partial charge is 0.494 e. The molecule has 6 nitrogen and oxygen atoms in total. The molecule has 1 aromatic heterocycles. The zero-order chi connectivity index (χ0) is 19.2. The van der Waals surface area contributed by atoms with Crippen molar-refractivity contribution < 1.29 is 17.9 Å². The fourth-order valence-corrected chi connectivity index (χ4v) is 4.07. The summed E-state index contributed by atoms with van der Waals surface area (Å²) in [6.45, 7) is 5.87. The summed E-state index contributed by atoms with van der Waals surface area (Å²) in [4.78, 5) is 16.1. The molecule has 1 unspecified atom stereocenters. The minimum atomic E-state index is -3.72. The summed E-state index contributed by atoms with van der Waals surface area (Å²) in [6.07, 6.45) is 3.09. The molecule has 0 aliphatic rings. The van der Waals surface area contributed by atoms with Gasteiger partial charge in [0.2, 0.25) is 5.91 Å². The van der Waals surface area contributed by atoms with Crippen LogP contribution in [0.25, 0.3) is 0 Å². The second-order valence-electron chi connectivity index (χ2n) is 6.12. The van der Waals surface area contributed by atoms with Gasteiger partial charge in [0.25, 0.3) is 0 Å². The average Bonchev–Trinajstić information content (AvgIpc) is 2.63. The van der Waals surface area contributed by atoms with Gasteiger partial charge < -0.3 is 10.1 Å². The van der Waals surface area contributed by atoms with Crippen LogP contribution in [0.1, 0.15) is 31.6 Å². The van der Waals surface area contributed by atoms with E-state index in [0.29, 0.717) is 17.9 Å². The van der Waals surface area contributed by atoms with E-state index in [9.17, 15) is 13.2 Å². The fourth-order valence-electron chi connectivity index (χ4n) is 2.43. The van der Waals surface area contributed by atoms with E-state index in [1.54, 1.807) is 44.3 Å². The first kappa shape index (κ1) is 19.9. The third-order valence-corrected chi connectivity index (χ3v) is 6.00. The zero-order valence-corrected chi connectivity index (χ0v) is 16.0. The van der Waals surface area contributed by atoms with E-state index in [2.05, 4.69) is 10.3 Å². The molecule has 1 N–H and O–H groups in total. The maximum absolute atomic E-state index is 13.2. The van der Waals surface area contributed by atoms with E-state index in [-0.39, 0.29) is 23.3 Å². The lowest BCUT2D eigenvalue weighted by Gasteiger charge is -2.19. The van der Waals surface area contributed by atoms with Crippen molar-refractivity contribution in [3.8, 4) is 5.75 Å². The Morgan fingerprint density at radius 3 is 2.42 bits per heavy atom. The Kier molecular flexibility index (Phi) is 6.74. The molecule has 0 fully saturated rings. The number of nitrogens with one attached hydrogen (secondary N) is 1. The van der Waals surface area contributed by atoms with Crippen LogP contribution < -0.4 is 10.1 Å². The quantitative estimate of drug-likeness (QED) is 0.766. The highest BCUT2D eigenvalue weighted by atomic mass is 32.2. The van der Waals surface area contributed by atoms with Crippen molar-refractivity contribution >= 4 is 15.7 Å². The first-order valence-corrected chi connectivity index (χ1v) is 10.0. The van der Waals surface area contributed by atoms with Crippen molar-refractivity contribution in [3.05, 3.63) is 54.4 Å². The van der Waals surface area contributed by atoms with E-state index >= 15 is 0 Å². The van der Waals surface area contributed by atoms with Gasteiger partial charge in [0, 0.05) is 24.9 Å². The lowest BCUT2D eigenvalue weighted by atomic mass is 10.2. The van der Waals surface area contributed by atoms with E-state index < -0.39 is 15.1 Å². The number of carbonyl (C=O) groups is 1. The Hall–Kier alpha value is -2.41. The molecule has 1 amide bonds. The van der Waals surface area contributed by atoms with Crippen LogP contribution in [-0.4, -0.2) is 32.5 Å². The van der Waals surface area contributed by atoms with Gasteiger partial charge in [0.05, 0.1) is 11.5 Å². The second kappa shape index (κ2) is 8.80. The number of benzene rings is 1. The van der Waals surface area contributed by atoms with Crippen LogP contribution in [0.15, 0.2) is 53.7 Å². The zero-order valence-electron chi connectivity index (χ0n) is 15.2. The topological polar surface area (TPSA) is 85.4 Å². The molecular weight excluding hydrogens is 352 g/mol. The van der Waals surface area contributed by atoms with Crippen LogP contribution in [0, 0.1) is 5.92 Å². The van der Waals surface area contributed by atoms with Crippen molar-refractivity contribution in [1.29, 1.82) is 0 Å². The fraction of sp³-hybridized carbons (Fsp3) is 0.368. The molecule has 0 radical (unpaired) electrons. The molecule has 7 heteroatoms. The standard InChI is InChI=1S/C19H24N2O4S/c1-4-25-16-7-9-17(10-8-16)26(23,24)18(13-21-19(22)14(2)3)15-6-5-11-20-12-15/h5-12,14,18H,4,13H2,1-3H3,(H,21,22). The van der Waals surface area contributed by atoms with Gasteiger partial charge in [-0.2, -0.15) is 0 Å². The van der Waals surface area contributed by atoms with Crippen molar-refractivity contribution in [2.24, 2.45) is 5.92 Å². The predicted octanol–water partition coefficient (Wildman–Crippen LogP) is 2.77. The minimum Gasteiger partial charge on any atom is -0.494 e. The Morgan fingerprint density at radius 2 is 1.88 bits per heavy atom. The van der Waals surface area contributed by atoms with Gasteiger partial charge in [-0.15, -0.1) is 0 Å². The number of nitrogens with zero attached hydrogens (tertiary/aromatic N) is 1. The normalized spacial score (nSPS) is 12.6. The third kappa shape index (κ3) is 4.82. The number of hydrogen-bond donors (Lipinski definition) is 1. The summed E-state index contributed by atoms with van der Waals surface area (Å²) in [5.74, 6) is 0.191. The van der Waals surface area contributed by atoms with Gasteiger partial charge in [0.15, 0.2) is 9.84 Å². The number of ether oxygens (including phenoxy) is 1. The highest BCUT2D eigenvalue weighted by molar-refractivity contribution is 7.91. The summed E-state index contributed by atoms with van der Waals surface area (Å²) in [5.41, 5.74) is 0.533. The molecule has 0 aliphatic carbocycles. The van der Waals surface area contributed by atoms with Crippen LogP contribution in [0.5, 0.6) is 5.75 Å². The number of amides is 1. The van der Waals surface area contributed by atoms with Gasteiger partial charge in [-0.1, -0.05) is 19.9 Å². The Balaban J connectivity index is 2.34. The Bertz CT molecular complexity index is 818. The number of aromatic nitrogens is 1. The predicted molar refractivity (Wildman–Crippen MR) is 99.6 cm³/mol. The number of rotatable bonds is 8. The number of carbonyl (C=O) groups excluding carboxylic acids is 1. The number of sulfone groups is 1. The maximum Gasteiger partial charge on any atom is 0.222 e. The maximum atomic E-state index is 13.2. The summed E-state index contributed by atoms with van der Waals surface area (Å²) in [5, 5.41) is 1.80. The van der Waals surface area contributed by atoms with Gasteiger partial charge in [-0.25, -0.2) is 8.42 Å². The third-order valence-electron chi connectivity index (χ3n) is 3.88. The van der Waals surface area contributed by atoms with Crippen molar-refractivity contribution in [3.63, 3.8) is 0 Å². The average molecular weight is 376 g/mol. The van der Waals surface area contributed by atoms with E-state index in [1.165, 1.54) is 18.3 Å². The van der Waals surface area contributed by atoms with E-state index in [1.807, 2.05) is 6.92 Å². The lowest BCUT2D eigenvalue weighted by molar-refractivity contribution is -0.123. The number of hydrogen-bond acceptors (Lipinski definition) is 5. The Labute approximate surface area is 154 Å². The summed E-state index contributed by atoms with van der Waals surface area (Å²) in [6, 6.07) is 9.68. The van der Waals surface area contributed by atoms with E-state index in [0.717, 1.165) is 0 Å². The highest BCUT2D eigenvalue weighted by Crippen LogP contribution is 2.29. The van der Waals surface area contributed by atoms with Crippen molar-refractivity contribution in [1.82, 2.24) is 10.3 Å². The molecule has 1 atom stereocenters. The van der Waals surface area contributed by atoms with Crippen LogP contribution in [0.2, 0.25) is 0 Å². The molecule has 140 valence electrons. The lowest BCUT2D eigenvalue weighted by Crippen LogP contribution is -2.34. The smallest absolute Gasteiger partial charge is 0.222 e. The molecule has 0 saturated heterocycles. The molecular formula is C19H24N2O4S. The van der Waals surface area contributed by atoms with Gasteiger partial charge in [-0.3, -0.25) is 9.78 Å². The molecule has 0 aliphatic heterocycles. The summed E-state index contributed by atoms with van der Waals surface area (Å²) < 4.78 is 31.7. The van der Waals surface area contributed by atoms with Gasteiger partial charge >= 0.3 is 0 Å². The SMILES string of the molecule is CCOc1ccc(S(=O)(=O)C(CNC(=O)C(C)C)c2cccnc2)cc1. The molecule has 0 spiro atoms. The van der Waals surface area contributed by atoms with Gasteiger partial charge in [0.1, 0.15) is 11.0 Å². The first-order valence-electron chi connectivity index (χ1n) is 8.50.